The maximum absolute atomic E-state index is 9.54. The highest BCUT2D eigenvalue weighted by atomic mass is 35.5. The van der Waals surface area contributed by atoms with Gasteiger partial charge in [0, 0.05) is 22.9 Å². The maximum Gasteiger partial charge on any atom is 0.169 e. The molecule has 3 aliphatic rings. The van der Waals surface area contributed by atoms with Crippen molar-refractivity contribution in [3.8, 4) is 0 Å². The number of ether oxygens (including phenoxy) is 2. The molecule has 0 aromatic rings. The number of rotatable bonds is 2. The zero-order chi connectivity index (χ0) is 13.5. The molecule has 1 N–H and O–H groups in total. The molecule has 3 nitrogen and oxygen atoms in total. The molecule has 1 saturated carbocycles. The van der Waals surface area contributed by atoms with E-state index in [1.54, 1.807) is 6.08 Å². The summed E-state index contributed by atoms with van der Waals surface area (Å²) >= 11 is 12.3. The molecule has 5 heteroatoms. The quantitative estimate of drug-likeness (QED) is 0.849. The second kappa shape index (κ2) is 5.38. The summed E-state index contributed by atoms with van der Waals surface area (Å²) in [5, 5.41) is 10.9. The van der Waals surface area contributed by atoms with E-state index in [-0.39, 0.29) is 18.8 Å². The lowest BCUT2D eigenvalue weighted by Gasteiger charge is -2.24. The Hall–Kier alpha value is -0.0600. The van der Waals surface area contributed by atoms with Crippen LogP contribution in [0.15, 0.2) is 21.7 Å². The molecule has 1 heterocycles. The largest absolute Gasteiger partial charge is 0.394 e. The number of allylic oxidation sites excluding steroid dienone is 3. The van der Waals surface area contributed by atoms with Gasteiger partial charge in [-0.25, -0.2) is 0 Å². The first-order valence-corrected chi connectivity index (χ1v) is 7.60. The highest BCUT2D eigenvalue weighted by molar-refractivity contribution is 6.35. The lowest BCUT2D eigenvalue weighted by atomic mass is 9.96. The van der Waals surface area contributed by atoms with Crippen molar-refractivity contribution in [2.45, 2.75) is 56.5 Å². The Morgan fingerprint density at radius 3 is 2.58 bits per heavy atom. The van der Waals surface area contributed by atoms with Gasteiger partial charge >= 0.3 is 0 Å². The van der Waals surface area contributed by atoms with Gasteiger partial charge in [-0.1, -0.05) is 23.2 Å². The van der Waals surface area contributed by atoms with E-state index in [9.17, 15) is 5.11 Å². The van der Waals surface area contributed by atoms with Crippen LogP contribution in [-0.2, 0) is 9.47 Å². The van der Waals surface area contributed by atoms with Crippen LogP contribution in [0.1, 0.15) is 38.5 Å². The highest BCUT2D eigenvalue weighted by Gasteiger charge is 2.50. The minimum Gasteiger partial charge on any atom is -0.394 e. The molecule has 1 saturated heterocycles. The van der Waals surface area contributed by atoms with Crippen LogP contribution in [0.25, 0.3) is 0 Å². The van der Waals surface area contributed by atoms with Gasteiger partial charge in [-0.3, -0.25) is 0 Å². The highest BCUT2D eigenvalue weighted by Crippen LogP contribution is 2.45. The van der Waals surface area contributed by atoms with E-state index >= 15 is 0 Å². The van der Waals surface area contributed by atoms with E-state index in [0.29, 0.717) is 5.03 Å². The van der Waals surface area contributed by atoms with Crippen LogP contribution in [0, 0.1) is 0 Å². The van der Waals surface area contributed by atoms with Crippen LogP contribution >= 0.6 is 23.2 Å². The molecule has 2 fully saturated rings. The van der Waals surface area contributed by atoms with Gasteiger partial charge in [-0.15, -0.1) is 0 Å². The fourth-order valence-electron chi connectivity index (χ4n) is 3.20. The van der Waals surface area contributed by atoms with Crippen molar-refractivity contribution in [3.63, 3.8) is 0 Å². The zero-order valence-electron chi connectivity index (χ0n) is 10.7. The molecule has 1 spiro atoms. The van der Waals surface area contributed by atoms with E-state index in [2.05, 4.69) is 0 Å². The molecule has 2 atom stereocenters. The van der Waals surface area contributed by atoms with Crippen LogP contribution in [0.4, 0.5) is 0 Å². The van der Waals surface area contributed by atoms with E-state index < -0.39 is 5.79 Å². The van der Waals surface area contributed by atoms with E-state index in [1.165, 1.54) is 0 Å². The summed E-state index contributed by atoms with van der Waals surface area (Å²) < 4.78 is 12.1. The monoisotopic (exact) mass is 304 g/mol. The average Bonchev–Trinajstić information content (AvgIpc) is 2.97. The molecule has 0 unspecified atom stereocenters. The first-order chi connectivity index (χ1) is 9.13. The van der Waals surface area contributed by atoms with Crippen LogP contribution in [0.2, 0.25) is 0 Å². The van der Waals surface area contributed by atoms with Crippen LogP contribution in [0.5, 0.6) is 0 Å². The first kappa shape index (κ1) is 13.9. The number of aliphatic hydroxyl groups is 1. The van der Waals surface area contributed by atoms with Crippen molar-refractivity contribution < 1.29 is 14.6 Å². The van der Waals surface area contributed by atoms with E-state index in [4.69, 9.17) is 32.7 Å². The summed E-state index contributed by atoms with van der Waals surface area (Å²) in [6.07, 6.45) is 6.81. The fourth-order valence-corrected chi connectivity index (χ4v) is 3.80. The first-order valence-electron chi connectivity index (χ1n) is 6.85. The molecule has 0 amide bonds. The maximum atomic E-state index is 9.54. The van der Waals surface area contributed by atoms with Gasteiger partial charge in [0.1, 0.15) is 12.2 Å². The molecule has 0 radical (unpaired) electrons. The summed E-state index contributed by atoms with van der Waals surface area (Å²) in [5.41, 5.74) is 1.01. The van der Waals surface area contributed by atoms with Gasteiger partial charge < -0.3 is 14.6 Å². The predicted molar refractivity (Wildman–Crippen MR) is 74.1 cm³/mol. The Kier molecular flexibility index (Phi) is 3.93. The average molecular weight is 305 g/mol. The Morgan fingerprint density at radius 1 is 1.21 bits per heavy atom. The van der Waals surface area contributed by atoms with Crippen molar-refractivity contribution in [2.24, 2.45) is 0 Å². The minimum atomic E-state index is -0.493. The van der Waals surface area contributed by atoms with Gasteiger partial charge in [-0.2, -0.15) is 0 Å². The van der Waals surface area contributed by atoms with Crippen molar-refractivity contribution in [1.29, 1.82) is 0 Å². The van der Waals surface area contributed by atoms with Gasteiger partial charge in [0.2, 0.25) is 0 Å². The lowest BCUT2D eigenvalue weighted by Crippen LogP contribution is -2.29. The van der Waals surface area contributed by atoms with E-state index in [1.807, 2.05) is 0 Å². The smallest absolute Gasteiger partial charge is 0.169 e. The number of hydrogen-bond donors (Lipinski definition) is 1. The molecule has 1 aliphatic heterocycles. The summed E-state index contributed by atoms with van der Waals surface area (Å²) in [6, 6.07) is 0. The third-order valence-corrected chi connectivity index (χ3v) is 4.81. The number of aliphatic hydroxyl groups excluding tert-OH is 1. The molecule has 2 aliphatic carbocycles. The normalized spacial score (nSPS) is 34.2. The minimum absolute atomic E-state index is 0.0441. The molecule has 106 valence electrons. The summed E-state index contributed by atoms with van der Waals surface area (Å²) in [5.74, 6) is -0.493. The van der Waals surface area contributed by atoms with Crippen molar-refractivity contribution in [1.82, 2.24) is 0 Å². The fraction of sp³-hybridized carbons (Fsp3) is 0.714. The van der Waals surface area contributed by atoms with Gasteiger partial charge in [0.05, 0.1) is 6.61 Å². The molecular formula is C14H18Cl2O3. The summed E-state index contributed by atoms with van der Waals surface area (Å²) in [7, 11) is 0. The Morgan fingerprint density at radius 2 is 1.95 bits per heavy atom. The SMILES string of the molecule is OC[C@@H]1OC2(CCCC2)O[C@H]1C1=C(Cl)C=C(Cl)CC1. The van der Waals surface area contributed by atoms with E-state index in [0.717, 1.165) is 49.1 Å². The second-order valence-electron chi connectivity index (χ2n) is 5.46. The summed E-state index contributed by atoms with van der Waals surface area (Å²) in [6.45, 7) is -0.0441. The van der Waals surface area contributed by atoms with Crippen molar-refractivity contribution >= 4 is 23.2 Å². The lowest BCUT2D eigenvalue weighted by molar-refractivity contribution is -0.169. The Balaban J connectivity index is 1.85. The predicted octanol–water partition coefficient (Wildman–Crippen LogP) is 3.44. The second-order valence-corrected chi connectivity index (χ2v) is 6.35. The third kappa shape index (κ3) is 2.59. The van der Waals surface area contributed by atoms with Gasteiger partial charge in [0.15, 0.2) is 5.79 Å². The molecular weight excluding hydrogens is 287 g/mol. The molecule has 0 aromatic heterocycles. The number of halogens is 2. The molecule has 0 bridgehead atoms. The third-order valence-electron chi connectivity index (χ3n) is 4.16. The molecule has 19 heavy (non-hydrogen) atoms. The van der Waals surface area contributed by atoms with Crippen LogP contribution in [0.3, 0.4) is 0 Å². The summed E-state index contributed by atoms with van der Waals surface area (Å²) in [4.78, 5) is 0. The topological polar surface area (TPSA) is 38.7 Å². The zero-order valence-corrected chi connectivity index (χ0v) is 12.2. The van der Waals surface area contributed by atoms with Crippen molar-refractivity contribution in [2.75, 3.05) is 6.61 Å². The van der Waals surface area contributed by atoms with Crippen LogP contribution in [-0.4, -0.2) is 29.7 Å². The van der Waals surface area contributed by atoms with Crippen LogP contribution < -0.4 is 0 Å². The van der Waals surface area contributed by atoms with Gasteiger partial charge in [-0.05, 0) is 37.3 Å². The van der Waals surface area contributed by atoms with Gasteiger partial charge in [0.25, 0.3) is 0 Å². The number of hydrogen-bond acceptors (Lipinski definition) is 3. The molecule has 0 aromatic carbocycles. The Labute approximate surface area is 123 Å². The molecule has 3 rings (SSSR count). The van der Waals surface area contributed by atoms with Crippen molar-refractivity contribution in [3.05, 3.63) is 21.7 Å². The Bertz CT molecular complexity index is 424. The standard InChI is InChI=1S/C14H18Cl2O3/c15-9-3-4-10(11(16)7-9)13-12(8-17)18-14(19-13)5-1-2-6-14/h7,12-13,17H,1-6,8H2/t12-,13-/m0/s1.